The van der Waals surface area contributed by atoms with Crippen LogP contribution in [0.25, 0.3) is 6.08 Å². The molecule has 3 rings (SSSR count). The average molecular weight is 350 g/mol. The van der Waals surface area contributed by atoms with Crippen LogP contribution < -0.4 is 15.8 Å². The second kappa shape index (κ2) is 7.87. The van der Waals surface area contributed by atoms with Crippen molar-refractivity contribution >= 4 is 17.9 Å². The second-order valence-electron chi connectivity index (χ2n) is 6.45. The second-order valence-corrected chi connectivity index (χ2v) is 6.45. The van der Waals surface area contributed by atoms with Crippen molar-refractivity contribution in [3.63, 3.8) is 0 Å². The molecule has 0 radical (unpaired) electrons. The van der Waals surface area contributed by atoms with Crippen LogP contribution >= 0.6 is 0 Å². The van der Waals surface area contributed by atoms with E-state index in [9.17, 15) is 9.59 Å². The van der Waals surface area contributed by atoms with Crippen molar-refractivity contribution in [1.29, 1.82) is 0 Å². The molecule has 0 aromatic heterocycles. The highest BCUT2D eigenvalue weighted by Gasteiger charge is 2.39. The molecule has 0 heterocycles. The van der Waals surface area contributed by atoms with Crippen LogP contribution in [0.1, 0.15) is 30.4 Å². The van der Waals surface area contributed by atoms with E-state index in [4.69, 9.17) is 10.5 Å². The molecule has 26 heavy (non-hydrogen) atoms. The van der Waals surface area contributed by atoms with Gasteiger partial charge < -0.3 is 15.8 Å². The van der Waals surface area contributed by atoms with Crippen molar-refractivity contribution in [2.24, 2.45) is 5.73 Å². The van der Waals surface area contributed by atoms with Gasteiger partial charge in [-0.15, -0.1) is 0 Å². The fourth-order valence-electron chi connectivity index (χ4n) is 3.05. The third-order valence-corrected chi connectivity index (χ3v) is 4.58. The zero-order valence-corrected chi connectivity index (χ0v) is 14.5. The number of hydrogen-bond donors (Lipinski definition) is 2. The van der Waals surface area contributed by atoms with Crippen LogP contribution in [0.2, 0.25) is 0 Å². The van der Waals surface area contributed by atoms with Crippen molar-refractivity contribution in [3.8, 4) is 5.75 Å². The molecular weight excluding hydrogens is 328 g/mol. The van der Waals surface area contributed by atoms with Gasteiger partial charge in [0, 0.05) is 6.08 Å². The third-order valence-electron chi connectivity index (χ3n) is 4.58. The Balaban J connectivity index is 1.60. The predicted octanol–water partition coefficient (Wildman–Crippen LogP) is 2.76. The Morgan fingerprint density at radius 2 is 1.77 bits per heavy atom. The maximum Gasteiger partial charge on any atom is 0.255 e. The molecule has 0 unspecified atom stereocenters. The highest BCUT2D eigenvalue weighted by Crippen LogP contribution is 2.41. The standard InChI is InChI=1S/C21H22N2O3/c22-19(24)15-26-18-10-7-16(8-11-18)9-12-20(25)23-21(13-4-14-21)17-5-2-1-3-6-17/h1-3,5-12H,4,13-15H2,(H2,22,24)(H,23,25)/b12-9+. The zero-order chi connectivity index (χ0) is 18.4. The van der Waals surface area contributed by atoms with Gasteiger partial charge in [-0.1, -0.05) is 42.5 Å². The number of benzene rings is 2. The quantitative estimate of drug-likeness (QED) is 0.754. The van der Waals surface area contributed by atoms with Crippen molar-refractivity contribution in [3.05, 3.63) is 71.8 Å². The molecule has 1 aliphatic rings. The summed E-state index contributed by atoms with van der Waals surface area (Å²) < 4.78 is 5.21. The lowest BCUT2D eigenvalue weighted by Crippen LogP contribution is -2.50. The van der Waals surface area contributed by atoms with E-state index in [-0.39, 0.29) is 18.1 Å². The minimum Gasteiger partial charge on any atom is -0.484 e. The highest BCUT2D eigenvalue weighted by atomic mass is 16.5. The molecule has 2 amide bonds. The van der Waals surface area contributed by atoms with Crippen LogP contribution in [-0.4, -0.2) is 18.4 Å². The molecule has 1 saturated carbocycles. The lowest BCUT2D eigenvalue weighted by Gasteiger charge is -2.42. The van der Waals surface area contributed by atoms with Gasteiger partial charge in [-0.2, -0.15) is 0 Å². The number of rotatable bonds is 7. The SMILES string of the molecule is NC(=O)COc1ccc(/C=C/C(=O)NC2(c3ccccc3)CCC2)cc1. The summed E-state index contributed by atoms with van der Waals surface area (Å²) in [5.41, 5.74) is 6.83. The lowest BCUT2D eigenvalue weighted by molar-refractivity contribution is -0.120. The van der Waals surface area contributed by atoms with Crippen LogP contribution in [0, 0.1) is 0 Å². The summed E-state index contributed by atoms with van der Waals surface area (Å²) in [6.45, 7) is -0.154. The molecule has 0 saturated heterocycles. The summed E-state index contributed by atoms with van der Waals surface area (Å²) in [7, 11) is 0. The number of nitrogens with two attached hydrogens (primary N) is 1. The fourth-order valence-corrected chi connectivity index (χ4v) is 3.05. The van der Waals surface area contributed by atoms with Crippen LogP contribution in [0.5, 0.6) is 5.75 Å². The van der Waals surface area contributed by atoms with Crippen molar-refractivity contribution in [1.82, 2.24) is 5.32 Å². The average Bonchev–Trinajstić information content (AvgIpc) is 2.63. The summed E-state index contributed by atoms with van der Waals surface area (Å²) in [6.07, 6.45) is 6.34. The summed E-state index contributed by atoms with van der Waals surface area (Å²) in [5.74, 6) is -0.0699. The number of amides is 2. The Morgan fingerprint density at radius 3 is 2.35 bits per heavy atom. The maximum absolute atomic E-state index is 12.4. The van der Waals surface area contributed by atoms with Crippen LogP contribution in [0.15, 0.2) is 60.7 Å². The summed E-state index contributed by atoms with van der Waals surface area (Å²) in [5, 5.41) is 3.16. The summed E-state index contributed by atoms with van der Waals surface area (Å²) >= 11 is 0. The Morgan fingerprint density at radius 1 is 1.08 bits per heavy atom. The Bertz CT molecular complexity index is 794. The topological polar surface area (TPSA) is 81.4 Å². The minimum atomic E-state index is -0.519. The van der Waals surface area contributed by atoms with E-state index in [1.54, 1.807) is 24.3 Å². The number of ether oxygens (including phenoxy) is 1. The van der Waals surface area contributed by atoms with Gasteiger partial charge >= 0.3 is 0 Å². The van der Waals surface area contributed by atoms with Gasteiger partial charge in [-0.25, -0.2) is 0 Å². The molecule has 1 aliphatic carbocycles. The smallest absolute Gasteiger partial charge is 0.255 e. The third kappa shape index (κ3) is 4.30. The summed E-state index contributed by atoms with van der Waals surface area (Å²) in [4.78, 5) is 23.1. The molecule has 134 valence electrons. The van der Waals surface area contributed by atoms with Gasteiger partial charge in [0.05, 0.1) is 5.54 Å². The van der Waals surface area contributed by atoms with E-state index in [0.29, 0.717) is 5.75 Å². The van der Waals surface area contributed by atoms with Gasteiger partial charge in [-0.05, 0) is 48.6 Å². The van der Waals surface area contributed by atoms with Gasteiger partial charge in [0.25, 0.3) is 5.91 Å². The number of carbonyl (C=O) groups excluding carboxylic acids is 2. The van der Waals surface area contributed by atoms with E-state index in [1.165, 1.54) is 0 Å². The Kier molecular flexibility index (Phi) is 5.37. The molecule has 1 fully saturated rings. The molecule has 0 atom stereocenters. The van der Waals surface area contributed by atoms with Gasteiger partial charge in [0.15, 0.2) is 6.61 Å². The van der Waals surface area contributed by atoms with Gasteiger partial charge in [0.1, 0.15) is 5.75 Å². The monoisotopic (exact) mass is 350 g/mol. The fraction of sp³-hybridized carbons (Fsp3) is 0.238. The van der Waals surface area contributed by atoms with Gasteiger partial charge in [-0.3, -0.25) is 9.59 Å². The van der Waals surface area contributed by atoms with Crippen LogP contribution in [-0.2, 0) is 15.1 Å². The first-order valence-electron chi connectivity index (χ1n) is 8.64. The van der Waals surface area contributed by atoms with Crippen molar-refractivity contribution < 1.29 is 14.3 Å². The number of nitrogens with one attached hydrogen (secondary N) is 1. The first kappa shape index (κ1) is 17.7. The first-order valence-corrected chi connectivity index (χ1v) is 8.64. The number of primary amides is 1. The highest BCUT2D eigenvalue weighted by molar-refractivity contribution is 5.92. The number of hydrogen-bond acceptors (Lipinski definition) is 3. The van der Waals surface area contributed by atoms with Crippen LogP contribution in [0.3, 0.4) is 0 Å². The molecule has 2 aromatic carbocycles. The Hall–Kier alpha value is -3.08. The largest absolute Gasteiger partial charge is 0.484 e. The van der Waals surface area contributed by atoms with Crippen LogP contribution in [0.4, 0.5) is 0 Å². The van der Waals surface area contributed by atoms with E-state index in [0.717, 1.165) is 30.4 Å². The predicted molar refractivity (Wildman–Crippen MR) is 100 cm³/mol. The minimum absolute atomic E-state index is 0.109. The molecule has 5 heteroatoms. The molecule has 0 aliphatic heterocycles. The maximum atomic E-state index is 12.4. The lowest BCUT2D eigenvalue weighted by atomic mass is 9.72. The van der Waals surface area contributed by atoms with E-state index in [2.05, 4.69) is 17.4 Å². The Labute approximate surface area is 152 Å². The zero-order valence-electron chi connectivity index (χ0n) is 14.5. The molecular formula is C21H22N2O3. The molecule has 3 N–H and O–H groups in total. The molecule has 0 bridgehead atoms. The van der Waals surface area contributed by atoms with Gasteiger partial charge in [0.2, 0.25) is 5.91 Å². The number of carbonyl (C=O) groups is 2. The molecule has 5 nitrogen and oxygen atoms in total. The van der Waals surface area contributed by atoms with Crippen molar-refractivity contribution in [2.45, 2.75) is 24.8 Å². The molecule has 2 aromatic rings. The van der Waals surface area contributed by atoms with E-state index in [1.807, 2.05) is 30.3 Å². The first-order chi connectivity index (χ1) is 12.6. The molecule has 0 spiro atoms. The van der Waals surface area contributed by atoms with Crippen molar-refractivity contribution in [2.75, 3.05) is 6.61 Å². The van der Waals surface area contributed by atoms with E-state index < -0.39 is 5.91 Å². The van der Waals surface area contributed by atoms with E-state index >= 15 is 0 Å². The summed E-state index contributed by atoms with van der Waals surface area (Å²) in [6, 6.07) is 17.2. The normalized spacial score (nSPS) is 15.2.